The third kappa shape index (κ3) is 6.45. The topological polar surface area (TPSA) is 92.6 Å². The van der Waals surface area contributed by atoms with Gasteiger partial charge in [0.2, 0.25) is 15.9 Å². The van der Waals surface area contributed by atoms with Crippen LogP contribution in [0.3, 0.4) is 0 Å². The van der Waals surface area contributed by atoms with Gasteiger partial charge in [0, 0.05) is 29.1 Å². The molecular weight excluding hydrogens is 532 g/mol. The summed E-state index contributed by atoms with van der Waals surface area (Å²) in [5.41, 5.74) is 8.16. The van der Waals surface area contributed by atoms with Crippen molar-refractivity contribution in [2.45, 2.75) is 38.1 Å². The lowest BCUT2D eigenvalue weighted by molar-refractivity contribution is -0.121. The maximum atomic E-state index is 13.1. The molecule has 5 rings (SSSR count). The standard InChI is InChI=1S/C33H32N4O3S/c1-23-13-17-31(18-14-23)41(39,40)36-32(27-10-5-4-6-11-27)21-33(38)35-34-22-29-19-24(2)37(25(29)3)30-16-15-26-9-7-8-12-28(26)20-30/h4-20,22,32,36H,21H2,1-3H3,(H,35,38)/b34-22-/t32-/m1/s1. The van der Waals surface area contributed by atoms with Crippen molar-refractivity contribution in [3.05, 3.63) is 131 Å². The van der Waals surface area contributed by atoms with Crippen LogP contribution in [0.2, 0.25) is 0 Å². The van der Waals surface area contributed by atoms with Gasteiger partial charge in [0.15, 0.2) is 0 Å². The lowest BCUT2D eigenvalue weighted by atomic mass is 10.0. The van der Waals surface area contributed by atoms with Crippen LogP contribution in [0.1, 0.15) is 40.5 Å². The minimum Gasteiger partial charge on any atom is -0.318 e. The van der Waals surface area contributed by atoms with Gasteiger partial charge in [-0.3, -0.25) is 4.79 Å². The van der Waals surface area contributed by atoms with Crippen LogP contribution in [0, 0.1) is 20.8 Å². The molecule has 0 bridgehead atoms. The zero-order chi connectivity index (χ0) is 29.0. The molecule has 8 heteroatoms. The summed E-state index contributed by atoms with van der Waals surface area (Å²) in [6.07, 6.45) is 1.49. The number of fused-ring (bicyclic) bond motifs is 1. The van der Waals surface area contributed by atoms with E-state index in [-0.39, 0.29) is 11.3 Å². The second-order valence-electron chi connectivity index (χ2n) is 10.1. The number of hydrogen-bond donors (Lipinski definition) is 2. The second kappa shape index (κ2) is 11.9. The number of aromatic nitrogens is 1. The first-order valence-electron chi connectivity index (χ1n) is 13.4. The Labute approximate surface area is 240 Å². The van der Waals surface area contributed by atoms with E-state index in [0.29, 0.717) is 5.56 Å². The van der Waals surface area contributed by atoms with Gasteiger partial charge in [0.05, 0.1) is 17.2 Å². The fourth-order valence-electron chi connectivity index (χ4n) is 4.92. The average Bonchev–Trinajstić information content (AvgIpc) is 3.25. The number of hydrogen-bond acceptors (Lipinski definition) is 4. The molecule has 1 amide bonds. The minimum absolute atomic E-state index is 0.122. The van der Waals surface area contributed by atoms with Crippen molar-refractivity contribution in [1.82, 2.24) is 14.7 Å². The number of amides is 1. The Bertz CT molecular complexity index is 1830. The van der Waals surface area contributed by atoms with Crippen molar-refractivity contribution < 1.29 is 13.2 Å². The maximum absolute atomic E-state index is 13.1. The highest BCUT2D eigenvalue weighted by Gasteiger charge is 2.23. The molecule has 7 nitrogen and oxygen atoms in total. The normalized spacial score (nSPS) is 12.6. The predicted octanol–water partition coefficient (Wildman–Crippen LogP) is 6.12. The van der Waals surface area contributed by atoms with E-state index in [4.69, 9.17) is 0 Å². The number of hydrazone groups is 1. The Morgan fingerprint density at radius 2 is 1.54 bits per heavy atom. The third-order valence-corrected chi connectivity index (χ3v) is 8.56. The Kier molecular flexibility index (Phi) is 8.14. The van der Waals surface area contributed by atoms with Gasteiger partial charge < -0.3 is 4.57 Å². The highest BCUT2D eigenvalue weighted by molar-refractivity contribution is 7.89. The number of benzene rings is 4. The molecule has 4 aromatic carbocycles. The van der Waals surface area contributed by atoms with Gasteiger partial charge in [-0.25, -0.2) is 18.6 Å². The lowest BCUT2D eigenvalue weighted by Gasteiger charge is -2.18. The number of carbonyl (C=O) groups is 1. The highest BCUT2D eigenvalue weighted by atomic mass is 32.2. The predicted molar refractivity (Wildman–Crippen MR) is 164 cm³/mol. The molecule has 0 spiro atoms. The number of nitrogens with one attached hydrogen (secondary N) is 2. The molecule has 0 aliphatic carbocycles. The van der Waals surface area contributed by atoms with Crippen LogP contribution in [-0.2, 0) is 14.8 Å². The molecule has 0 unspecified atom stereocenters. The molecule has 0 aliphatic heterocycles. The summed E-state index contributed by atoms with van der Waals surface area (Å²) in [5.74, 6) is -0.412. The van der Waals surface area contributed by atoms with Crippen LogP contribution >= 0.6 is 0 Å². The van der Waals surface area contributed by atoms with E-state index >= 15 is 0 Å². The number of nitrogens with zero attached hydrogens (tertiary/aromatic N) is 2. The molecule has 0 saturated carbocycles. The van der Waals surface area contributed by atoms with Gasteiger partial charge in [-0.1, -0.05) is 78.4 Å². The monoisotopic (exact) mass is 564 g/mol. The Morgan fingerprint density at radius 1 is 0.854 bits per heavy atom. The van der Waals surface area contributed by atoms with Crippen molar-refractivity contribution in [2.24, 2.45) is 5.10 Å². The van der Waals surface area contributed by atoms with Crippen molar-refractivity contribution >= 4 is 32.9 Å². The summed E-state index contributed by atoms with van der Waals surface area (Å²) < 4.78 is 31.0. The van der Waals surface area contributed by atoms with Gasteiger partial charge in [-0.2, -0.15) is 5.10 Å². The molecule has 41 heavy (non-hydrogen) atoms. The fourth-order valence-corrected chi connectivity index (χ4v) is 6.15. The maximum Gasteiger partial charge on any atom is 0.242 e. The minimum atomic E-state index is -3.85. The van der Waals surface area contributed by atoms with Crippen molar-refractivity contribution in [2.75, 3.05) is 0 Å². The van der Waals surface area contributed by atoms with Crippen LogP contribution < -0.4 is 10.1 Å². The molecule has 0 fully saturated rings. The first-order valence-corrected chi connectivity index (χ1v) is 14.8. The summed E-state index contributed by atoms with van der Waals surface area (Å²) in [5, 5.41) is 6.53. The smallest absolute Gasteiger partial charge is 0.242 e. The number of carbonyl (C=O) groups excluding carboxylic acids is 1. The molecule has 1 aromatic heterocycles. The molecular formula is C33H32N4O3S. The molecule has 1 heterocycles. The van der Waals surface area contributed by atoms with E-state index in [2.05, 4.69) is 50.1 Å². The van der Waals surface area contributed by atoms with Crippen LogP contribution in [0.5, 0.6) is 0 Å². The van der Waals surface area contributed by atoms with Gasteiger partial charge >= 0.3 is 0 Å². The number of aryl methyl sites for hydroxylation is 2. The van der Waals surface area contributed by atoms with Gasteiger partial charge in [0.25, 0.3) is 0 Å². The first-order chi connectivity index (χ1) is 19.7. The number of rotatable bonds is 9. The Balaban J connectivity index is 1.31. The fraction of sp³-hybridized carbons (Fsp3) is 0.152. The Hall–Kier alpha value is -4.53. The van der Waals surface area contributed by atoms with Crippen molar-refractivity contribution in [3.63, 3.8) is 0 Å². The third-order valence-electron chi connectivity index (χ3n) is 7.07. The molecule has 0 radical (unpaired) electrons. The lowest BCUT2D eigenvalue weighted by Crippen LogP contribution is -2.32. The summed E-state index contributed by atoms with van der Waals surface area (Å²) >= 11 is 0. The van der Waals surface area contributed by atoms with Crippen LogP contribution in [-0.4, -0.2) is 25.1 Å². The van der Waals surface area contributed by atoms with Gasteiger partial charge in [-0.15, -0.1) is 0 Å². The van der Waals surface area contributed by atoms with E-state index in [1.165, 1.54) is 5.39 Å². The second-order valence-corrected chi connectivity index (χ2v) is 11.8. The first kappa shape index (κ1) is 28.0. The molecule has 0 saturated heterocycles. The van der Waals surface area contributed by atoms with Crippen molar-refractivity contribution in [3.8, 4) is 5.69 Å². The summed E-state index contributed by atoms with van der Waals surface area (Å²) in [6, 6.07) is 31.5. The van der Waals surface area contributed by atoms with Gasteiger partial charge in [-0.05, 0) is 67.4 Å². The quantitative estimate of drug-likeness (QED) is 0.167. The molecule has 0 aliphatic rings. The Morgan fingerprint density at radius 3 is 2.27 bits per heavy atom. The van der Waals surface area contributed by atoms with E-state index in [1.807, 2.05) is 57.2 Å². The SMILES string of the molecule is Cc1ccc(S(=O)(=O)N[C@H](CC(=O)N/N=C\c2cc(C)n(-c3ccc4ccccc4c3)c2C)c2ccccc2)cc1. The zero-order valence-corrected chi connectivity index (χ0v) is 24.0. The summed E-state index contributed by atoms with van der Waals surface area (Å²) in [7, 11) is -3.85. The molecule has 5 aromatic rings. The zero-order valence-electron chi connectivity index (χ0n) is 23.2. The van der Waals surface area contributed by atoms with E-state index in [9.17, 15) is 13.2 Å². The summed E-state index contributed by atoms with van der Waals surface area (Å²) in [6.45, 7) is 5.93. The highest BCUT2D eigenvalue weighted by Crippen LogP contribution is 2.24. The van der Waals surface area contributed by atoms with Crippen LogP contribution in [0.25, 0.3) is 16.5 Å². The van der Waals surface area contributed by atoms with Crippen LogP contribution in [0.4, 0.5) is 0 Å². The molecule has 2 N–H and O–H groups in total. The van der Waals surface area contributed by atoms with E-state index in [1.54, 1.807) is 42.6 Å². The molecule has 208 valence electrons. The number of sulfonamides is 1. The van der Waals surface area contributed by atoms with E-state index in [0.717, 1.165) is 33.6 Å². The largest absolute Gasteiger partial charge is 0.318 e. The van der Waals surface area contributed by atoms with E-state index < -0.39 is 22.0 Å². The summed E-state index contributed by atoms with van der Waals surface area (Å²) in [4.78, 5) is 13.1. The average molecular weight is 565 g/mol. The van der Waals surface area contributed by atoms with Gasteiger partial charge in [0.1, 0.15) is 0 Å². The van der Waals surface area contributed by atoms with Crippen molar-refractivity contribution in [1.29, 1.82) is 0 Å². The van der Waals surface area contributed by atoms with Crippen LogP contribution in [0.15, 0.2) is 113 Å². The molecule has 1 atom stereocenters.